The van der Waals surface area contributed by atoms with Crippen molar-refractivity contribution in [1.29, 1.82) is 0 Å². The lowest BCUT2D eigenvalue weighted by Gasteiger charge is -2.16. The van der Waals surface area contributed by atoms with Crippen molar-refractivity contribution in [3.05, 3.63) is 29.8 Å². The van der Waals surface area contributed by atoms with Crippen LogP contribution in [0.2, 0.25) is 0 Å². The van der Waals surface area contributed by atoms with Gasteiger partial charge in [-0.3, -0.25) is 4.79 Å². The number of carbonyl (C=O) groups excluding carboxylic acids is 1. The summed E-state index contributed by atoms with van der Waals surface area (Å²) in [6.45, 7) is 3.69. The third-order valence-corrected chi connectivity index (χ3v) is 2.27. The minimum atomic E-state index is -0.632. The van der Waals surface area contributed by atoms with Gasteiger partial charge in [-0.05, 0) is 44.4 Å². The predicted octanol–water partition coefficient (Wildman–Crippen LogP) is 1.97. The molecule has 16 heavy (non-hydrogen) atoms. The molecule has 0 bridgehead atoms. The average molecular weight is 222 g/mol. The number of benzene rings is 1. The van der Waals surface area contributed by atoms with Crippen molar-refractivity contribution in [2.24, 2.45) is 0 Å². The molecule has 0 atom stereocenters. The maximum atomic E-state index is 10.1. The van der Waals surface area contributed by atoms with Crippen LogP contribution in [0.25, 0.3) is 0 Å². The topological polar surface area (TPSA) is 46.5 Å². The first kappa shape index (κ1) is 12.7. The Morgan fingerprint density at radius 2 is 1.94 bits per heavy atom. The van der Waals surface area contributed by atoms with Crippen LogP contribution in [0.5, 0.6) is 5.75 Å². The van der Waals surface area contributed by atoms with Gasteiger partial charge >= 0.3 is 0 Å². The largest absolute Gasteiger partial charge is 0.486 e. The molecule has 0 saturated carbocycles. The summed E-state index contributed by atoms with van der Waals surface area (Å²) in [5.41, 5.74) is 0.521. The van der Waals surface area contributed by atoms with Gasteiger partial charge in [0.15, 0.2) is 6.29 Å². The molecule has 0 aliphatic rings. The average Bonchev–Trinajstić information content (AvgIpc) is 2.24. The summed E-state index contributed by atoms with van der Waals surface area (Å²) >= 11 is 0. The summed E-state index contributed by atoms with van der Waals surface area (Å²) in [5.74, 6) is 0.694. The van der Waals surface area contributed by atoms with Crippen LogP contribution in [0.1, 0.15) is 25.8 Å². The van der Waals surface area contributed by atoms with Crippen LogP contribution in [0, 0.1) is 0 Å². The summed E-state index contributed by atoms with van der Waals surface area (Å²) in [6, 6.07) is 7.57. The van der Waals surface area contributed by atoms with E-state index >= 15 is 0 Å². The smallest absolute Gasteiger partial charge is 0.157 e. The number of hydrogen-bond donors (Lipinski definition) is 1. The molecule has 3 nitrogen and oxygen atoms in total. The zero-order valence-electron chi connectivity index (χ0n) is 9.77. The molecule has 0 fully saturated rings. The van der Waals surface area contributed by atoms with Crippen molar-refractivity contribution in [2.75, 3.05) is 6.61 Å². The van der Waals surface area contributed by atoms with E-state index in [1.165, 1.54) is 0 Å². The number of ether oxygens (including phenoxy) is 1. The minimum absolute atomic E-state index is 0.0863. The Hall–Kier alpha value is -1.35. The molecule has 0 saturated heterocycles. The molecule has 0 heterocycles. The van der Waals surface area contributed by atoms with Crippen molar-refractivity contribution < 1.29 is 14.6 Å². The molecule has 0 radical (unpaired) electrons. The van der Waals surface area contributed by atoms with Gasteiger partial charge in [0.05, 0.1) is 5.60 Å². The quantitative estimate of drug-likeness (QED) is 0.748. The van der Waals surface area contributed by atoms with E-state index in [0.29, 0.717) is 5.75 Å². The number of aldehydes is 1. The molecule has 0 aliphatic carbocycles. The Kier molecular flexibility index (Phi) is 4.50. The highest BCUT2D eigenvalue weighted by atomic mass is 16.5. The van der Waals surface area contributed by atoms with Crippen LogP contribution in [0.4, 0.5) is 0 Å². The Morgan fingerprint density at radius 3 is 2.44 bits per heavy atom. The predicted molar refractivity (Wildman–Crippen MR) is 62.6 cm³/mol. The number of hydrogen-bond acceptors (Lipinski definition) is 3. The van der Waals surface area contributed by atoms with E-state index in [9.17, 15) is 9.90 Å². The Bertz CT molecular complexity index is 322. The van der Waals surface area contributed by atoms with Crippen LogP contribution in [0.15, 0.2) is 24.3 Å². The lowest BCUT2D eigenvalue weighted by molar-refractivity contribution is -0.109. The fraction of sp³-hybridized carbons (Fsp3) is 0.462. The SMILES string of the molecule is CC(C)(O)CCc1ccc(OCC=O)cc1. The number of aliphatic hydroxyl groups is 1. The molecule has 88 valence electrons. The summed E-state index contributed by atoms with van der Waals surface area (Å²) < 4.78 is 5.14. The minimum Gasteiger partial charge on any atom is -0.486 e. The third-order valence-electron chi connectivity index (χ3n) is 2.27. The van der Waals surface area contributed by atoms with Gasteiger partial charge in [-0.1, -0.05) is 12.1 Å². The molecule has 1 N–H and O–H groups in total. The van der Waals surface area contributed by atoms with E-state index in [4.69, 9.17) is 4.74 Å². The highest BCUT2D eigenvalue weighted by Crippen LogP contribution is 2.16. The van der Waals surface area contributed by atoms with Crippen LogP contribution in [-0.4, -0.2) is 23.6 Å². The van der Waals surface area contributed by atoms with Crippen molar-refractivity contribution in [1.82, 2.24) is 0 Å². The molecule has 0 aromatic heterocycles. The van der Waals surface area contributed by atoms with Crippen molar-refractivity contribution in [3.63, 3.8) is 0 Å². The molecule has 0 unspecified atom stereocenters. The van der Waals surface area contributed by atoms with Gasteiger partial charge in [0, 0.05) is 0 Å². The summed E-state index contributed by atoms with van der Waals surface area (Å²) in [7, 11) is 0. The monoisotopic (exact) mass is 222 g/mol. The fourth-order valence-corrected chi connectivity index (χ4v) is 1.33. The van der Waals surface area contributed by atoms with E-state index in [0.717, 1.165) is 24.7 Å². The standard InChI is InChI=1S/C13H18O3/c1-13(2,15)8-7-11-3-5-12(6-4-11)16-10-9-14/h3-6,9,15H,7-8,10H2,1-2H3. The molecule has 1 rings (SSSR count). The van der Waals surface area contributed by atoms with Gasteiger partial charge in [-0.2, -0.15) is 0 Å². The molecular weight excluding hydrogens is 204 g/mol. The van der Waals surface area contributed by atoms with Gasteiger partial charge in [0.1, 0.15) is 12.4 Å². The first-order valence-electron chi connectivity index (χ1n) is 5.39. The normalized spacial score (nSPS) is 11.2. The van der Waals surface area contributed by atoms with Gasteiger partial charge in [-0.15, -0.1) is 0 Å². The molecular formula is C13H18O3. The van der Waals surface area contributed by atoms with E-state index in [1.54, 1.807) is 13.8 Å². The molecule has 0 spiro atoms. The molecule has 0 aliphatic heterocycles. The zero-order chi connectivity index (χ0) is 12.0. The number of carbonyl (C=O) groups is 1. The molecule has 3 heteroatoms. The van der Waals surface area contributed by atoms with Crippen LogP contribution in [0.3, 0.4) is 0 Å². The van der Waals surface area contributed by atoms with Crippen LogP contribution in [-0.2, 0) is 11.2 Å². The molecule has 1 aromatic rings. The first-order valence-corrected chi connectivity index (χ1v) is 5.39. The molecule has 1 aromatic carbocycles. The maximum absolute atomic E-state index is 10.1. The second-order valence-corrected chi connectivity index (χ2v) is 4.43. The van der Waals surface area contributed by atoms with E-state index in [1.807, 2.05) is 24.3 Å². The van der Waals surface area contributed by atoms with Gasteiger partial charge in [0.25, 0.3) is 0 Å². The third kappa shape index (κ3) is 4.94. The van der Waals surface area contributed by atoms with Gasteiger partial charge < -0.3 is 9.84 Å². The zero-order valence-corrected chi connectivity index (χ0v) is 9.77. The molecule has 0 amide bonds. The van der Waals surface area contributed by atoms with Gasteiger partial charge in [-0.25, -0.2) is 0 Å². The lowest BCUT2D eigenvalue weighted by atomic mass is 9.99. The Balaban J connectivity index is 2.48. The maximum Gasteiger partial charge on any atom is 0.157 e. The first-order chi connectivity index (χ1) is 7.51. The van der Waals surface area contributed by atoms with Crippen LogP contribution >= 0.6 is 0 Å². The Labute approximate surface area is 96.1 Å². The highest BCUT2D eigenvalue weighted by Gasteiger charge is 2.11. The summed E-state index contributed by atoms with van der Waals surface area (Å²) in [4.78, 5) is 10.1. The van der Waals surface area contributed by atoms with Gasteiger partial charge in [0.2, 0.25) is 0 Å². The Morgan fingerprint density at radius 1 is 1.31 bits per heavy atom. The lowest BCUT2D eigenvalue weighted by Crippen LogP contribution is -2.19. The van der Waals surface area contributed by atoms with E-state index in [2.05, 4.69) is 0 Å². The number of rotatable bonds is 6. The fourth-order valence-electron chi connectivity index (χ4n) is 1.33. The van der Waals surface area contributed by atoms with E-state index < -0.39 is 5.60 Å². The van der Waals surface area contributed by atoms with Crippen molar-refractivity contribution in [3.8, 4) is 5.75 Å². The highest BCUT2D eigenvalue weighted by molar-refractivity contribution is 5.51. The summed E-state index contributed by atoms with van der Waals surface area (Å²) in [5, 5.41) is 9.59. The summed E-state index contributed by atoms with van der Waals surface area (Å²) in [6.07, 6.45) is 2.28. The van der Waals surface area contributed by atoms with E-state index in [-0.39, 0.29) is 6.61 Å². The van der Waals surface area contributed by atoms with Crippen molar-refractivity contribution in [2.45, 2.75) is 32.3 Å². The van der Waals surface area contributed by atoms with Crippen LogP contribution < -0.4 is 4.74 Å². The number of aryl methyl sites for hydroxylation is 1. The second-order valence-electron chi connectivity index (χ2n) is 4.43. The van der Waals surface area contributed by atoms with Crippen molar-refractivity contribution >= 4 is 6.29 Å². The second kappa shape index (κ2) is 5.66.